The first kappa shape index (κ1) is 24.0. The van der Waals surface area contributed by atoms with Crippen LogP contribution in [0, 0.1) is 18.8 Å². The van der Waals surface area contributed by atoms with Crippen molar-refractivity contribution in [3.05, 3.63) is 107 Å². The van der Waals surface area contributed by atoms with Crippen molar-refractivity contribution in [2.75, 3.05) is 10.8 Å². The molecule has 0 spiro atoms. The van der Waals surface area contributed by atoms with Crippen LogP contribution < -0.4 is 4.31 Å². The van der Waals surface area contributed by atoms with Gasteiger partial charge in [-0.05, 0) is 74.5 Å². The predicted octanol–water partition coefficient (Wildman–Crippen LogP) is 7.02. The summed E-state index contributed by atoms with van der Waals surface area (Å²) in [5, 5.41) is 2.74. The Morgan fingerprint density at radius 2 is 1.56 bits per heavy atom. The quantitative estimate of drug-likeness (QED) is 0.237. The fourth-order valence-electron chi connectivity index (χ4n) is 4.44. The van der Waals surface area contributed by atoms with E-state index in [1.807, 2.05) is 61.5 Å². The molecule has 0 saturated heterocycles. The summed E-state index contributed by atoms with van der Waals surface area (Å²) in [5.41, 5.74) is 4.54. The van der Waals surface area contributed by atoms with Gasteiger partial charge in [0.2, 0.25) is 0 Å². The average Bonchev–Trinajstić information content (AvgIpc) is 3.21. The topological polar surface area (TPSA) is 42.3 Å². The van der Waals surface area contributed by atoms with Crippen molar-refractivity contribution < 1.29 is 8.42 Å². The minimum atomic E-state index is -3.85. The highest BCUT2D eigenvalue weighted by Gasteiger charge is 2.25. The largest absolute Gasteiger partial charge is 0.341 e. The Labute approximate surface area is 216 Å². The second-order valence-corrected chi connectivity index (χ2v) is 10.9. The van der Waals surface area contributed by atoms with Gasteiger partial charge in [-0.3, -0.25) is 4.31 Å². The van der Waals surface area contributed by atoms with Crippen LogP contribution in [0.4, 0.5) is 5.69 Å². The zero-order chi connectivity index (χ0) is 25.3. The van der Waals surface area contributed by atoms with Crippen molar-refractivity contribution in [2.45, 2.75) is 25.3 Å². The van der Waals surface area contributed by atoms with Crippen molar-refractivity contribution in [3.8, 4) is 11.8 Å². The molecular weight excluding hydrogens is 488 g/mol. The number of sulfonamides is 1. The number of rotatable bonds is 5. The number of hydrogen-bond acceptors (Lipinski definition) is 2. The molecule has 1 heterocycles. The summed E-state index contributed by atoms with van der Waals surface area (Å²) < 4.78 is 31.3. The second-order valence-electron chi connectivity index (χ2n) is 8.60. The molecule has 0 bridgehead atoms. The molecule has 0 radical (unpaired) electrons. The highest BCUT2D eigenvalue weighted by Crippen LogP contribution is 2.33. The Morgan fingerprint density at radius 1 is 0.861 bits per heavy atom. The monoisotopic (exact) mass is 512 g/mol. The lowest BCUT2D eigenvalue weighted by molar-refractivity contribution is 0.593. The average molecular weight is 513 g/mol. The van der Waals surface area contributed by atoms with Gasteiger partial charge in [-0.2, -0.15) is 0 Å². The van der Waals surface area contributed by atoms with E-state index in [1.165, 1.54) is 4.31 Å². The van der Waals surface area contributed by atoms with Crippen LogP contribution in [0.3, 0.4) is 0 Å². The summed E-state index contributed by atoms with van der Waals surface area (Å²) in [6.07, 6.45) is 0. The first-order valence-corrected chi connectivity index (χ1v) is 13.5. The smallest absolute Gasteiger partial charge is 0.265 e. The van der Waals surface area contributed by atoms with Crippen molar-refractivity contribution in [3.63, 3.8) is 0 Å². The lowest BCUT2D eigenvalue weighted by Crippen LogP contribution is -2.31. The van der Waals surface area contributed by atoms with Crippen LogP contribution in [-0.2, 0) is 16.6 Å². The highest BCUT2D eigenvalue weighted by molar-refractivity contribution is 7.92. The number of aryl methyl sites for hydroxylation is 2. The Kier molecular flexibility index (Phi) is 6.49. The van der Waals surface area contributed by atoms with Gasteiger partial charge in [0.05, 0.1) is 17.1 Å². The van der Waals surface area contributed by atoms with Crippen LogP contribution in [0.1, 0.15) is 18.1 Å². The van der Waals surface area contributed by atoms with E-state index in [0.717, 1.165) is 39.5 Å². The molecular formula is C30H25ClN2O2S. The molecule has 4 nitrogen and oxygen atoms in total. The van der Waals surface area contributed by atoms with Gasteiger partial charge in [-0.15, -0.1) is 0 Å². The van der Waals surface area contributed by atoms with Crippen LogP contribution in [0.2, 0.25) is 5.02 Å². The molecule has 0 unspecified atom stereocenters. The van der Waals surface area contributed by atoms with Crippen LogP contribution in [-0.4, -0.2) is 19.5 Å². The molecule has 180 valence electrons. The molecule has 0 N–H and O–H groups in total. The van der Waals surface area contributed by atoms with Gasteiger partial charge in [0.1, 0.15) is 0 Å². The molecule has 0 atom stereocenters. The normalized spacial score (nSPS) is 11.4. The van der Waals surface area contributed by atoms with E-state index in [9.17, 15) is 8.42 Å². The molecule has 1 aromatic heterocycles. The molecule has 0 fully saturated rings. The van der Waals surface area contributed by atoms with Gasteiger partial charge in [0.25, 0.3) is 10.0 Å². The van der Waals surface area contributed by atoms with Crippen LogP contribution in [0.15, 0.2) is 95.9 Å². The van der Waals surface area contributed by atoms with Crippen LogP contribution in [0.25, 0.3) is 21.8 Å². The van der Waals surface area contributed by atoms with Gasteiger partial charge < -0.3 is 4.57 Å². The fourth-order valence-corrected chi connectivity index (χ4v) is 5.92. The predicted molar refractivity (Wildman–Crippen MR) is 149 cm³/mol. The highest BCUT2D eigenvalue weighted by atomic mass is 35.5. The second kappa shape index (κ2) is 9.73. The Morgan fingerprint density at radius 3 is 2.28 bits per heavy atom. The summed E-state index contributed by atoms with van der Waals surface area (Å²) in [6, 6.07) is 28.1. The summed E-state index contributed by atoms with van der Waals surface area (Å²) in [7, 11) is -3.85. The molecule has 6 heteroatoms. The van der Waals surface area contributed by atoms with E-state index >= 15 is 0 Å². The number of benzene rings is 4. The molecule has 0 aliphatic heterocycles. The summed E-state index contributed by atoms with van der Waals surface area (Å²) >= 11 is 5.98. The summed E-state index contributed by atoms with van der Waals surface area (Å²) in [4.78, 5) is 0.234. The molecule has 0 aliphatic rings. The van der Waals surface area contributed by atoms with Gasteiger partial charge in [-0.1, -0.05) is 59.3 Å². The number of anilines is 1. The molecule has 0 amide bonds. The molecule has 0 saturated carbocycles. The van der Waals surface area contributed by atoms with Gasteiger partial charge in [0, 0.05) is 38.9 Å². The molecule has 4 aromatic carbocycles. The lowest BCUT2D eigenvalue weighted by Gasteiger charge is -2.23. The van der Waals surface area contributed by atoms with Crippen LogP contribution in [0.5, 0.6) is 0 Å². The van der Waals surface area contributed by atoms with E-state index < -0.39 is 10.0 Å². The van der Waals surface area contributed by atoms with Crippen LogP contribution >= 0.6 is 11.6 Å². The Balaban J connectivity index is 1.64. The summed E-state index contributed by atoms with van der Waals surface area (Å²) in [5.74, 6) is 6.12. The third-order valence-electron chi connectivity index (χ3n) is 6.27. The van der Waals surface area contributed by atoms with Crippen molar-refractivity contribution in [1.82, 2.24) is 4.57 Å². The minimum absolute atomic E-state index is 0.0107. The minimum Gasteiger partial charge on any atom is -0.341 e. The Hall–Kier alpha value is -3.72. The van der Waals surface area contributed by atoms with E-state index in [4.69, 9.17) is 11.6 Å². The van der Waals surface area contributed by atoms with Crippen molar-refractivity contribution >= 4 is 49.1 Å². The number of aromatic nitrogens is 1. The zero-order valence-corrected chi connectivity index (χ0v) is 21.6. The van der Waals surface area contributed by atoms with Crippen molar-refractivity contribution in [2.24, 2.45) is 0 Å². The van der Waals surface area contributed by atoms with Gasteiger partial charge in [0.15, 0.2) is 0 Å². The number of fused-ring (bicyclic) bond motifs is 3. The van der Waals surface area contributed by atoms with Crippen molar-refractivity contribution in [1.29, 1.82) is 0 Å². The van der Waals surface area contributed by atoms with E-state index in [-0.39, 0.29) is 11.4 Å². The molecule has 5 rings (SSSR count). The first-order valence-electron chi connectivity index (χ1n) is 11.7. The van der Waals surface area contributed by atoms with E-state index in [1.54, 1.807) is 24.3 Å². The lowest BCUT2D eigenvalue weighted by atomic mass is 10.1. The molecule has 0 aliphatic carbocycles. The fraction of sp³-hybridized carbons (Fsp3) is 0.133. The number of nitrogens with zero attached hydrogens (tertiary/aromatic N) is 2. The first-order chi connectivity index (χ1) is 17.4. The van der Waals surface area contributed by atoms with E-state index in [2.05, 4.69) is 35.5 Å². The zero-order valence-electron chi connectivity index (χ0n) is 20.1. The van der Waals surface area contributed by atoms with Gasteiger partial charge in [-0.25, -0.2) is 8.42 Å². The summed E-state index contributed by atoms with van der Waals surface area (Å²) in [6.45, 7) is 4.88. The maximum absolute atomic E-state index is 13.8. The third kappa shape index (κ3) is 4.46. The third-order valence-corrected chi connectivity index (χ3v) is 8.31. The number of halogens is 1. The SMILES string of the molecule is CCn1c2ccccc2c2cc(N(CC#Cc3ccc(Cl)cc3)S(=O)(=O)c3ccc(C)cc3)ccc21. The van der Waals surface area contributed by atoms with Gasteiger partial charge >= 0.3 is 0 Å². The molecule has 36 heavy (non-hydrogen) atoms. The maximum Gasteiger partial charge on any atom is 0.265 e. The molecule has 5 aromatic rings. The standard InChI is InChI=1S/C30H25ClN2O2S/c1-3-32-29-9-5-4-8-27(29)28-21-25(16-19-30(28)32)33(20-6-7-23-12-14-24(31)15-13-23)36(34,35)26-17-10-22(2)11-18-26/h4-5,8-19,21H,3,20H2,1-2H3. The number of hydrogen-bond donors (Lipinski definition) is 0. The maximum atomic E-state index is 13.8. The Bertz CT molecular complexity index is 1730. The number of para-hydroxylation sites is 1. The van der Waals surface area contributed by atoms with E-state index in [0.29, 0.717) is 10.7 Å².